The Morgan fingerprint density at radius 1 is 0.346 bits per heavy atom. The summed E-state index contributed by atoms with van der Waals surface area (Å²) in [6.45, 7) is 10.5. The summed E-state index contributed by atoms with van der Waals surface area (Å²) in [4.78, 5) is 12.3. The van der Waals surface area contributed by atoms with Gasteiger partial charge in [-0.1, -0.05) is 194 Å². The van der Waals surface area contributed by atoms with Gasteiger partial charge in [-0.05, 0) is 25.7 Å². The Bertz CT molecular complexity index is 725. The van der Waals surface area contributed by atoms with Crippen molar-refractivity contribution in [1.29, 1.82) is 0 Å². The Hall–Kier alpha value is -0.650. The van der Waals surface area contributed by atoms with Gasteiger partial charge >= 0.3 is 5.97 Å². The third-order valence-corrected chi connectivity index (χ3v) is 11.5. The second kappa shape index (κ2) is 38.6. The van der Waals surface area contributed by atoms with Gasteiger partial charge in [-0.15, -0.1) is 0 Å². The van der Waals surface area contributed by atoms with Gasteiger partial charge in [0.15, 0.2) is 0 Å². The van der Waals surface area contributed by atoms with Crippen LogP contribution in [0.2, 0.25) is 0 Å². The zero-order chi connectivity index (χ0) is 38.3. The first-order chi connectivity index (χ1) is 25.2. The molecule has 0 aromatic rings. The lowest BCUT2D eigenvalue weighted by Gasteiger charge is -2.30. The zero-order valence-electron chi connectivity index (χ0n) is 36.9. The highest BCUT2D eigenvalue weighted by Gasteiger charge is 2.17. The summed E-state index contributed by atoms with van der Waals surface area (Å²) in [5.41, 5.74) is 0. The third-order valence-electron chi connectivity index (χ3n) is 11.5. The predicted molar refractivity (Wildman–Crippen MR) is 229 cm³/mol. The van der Waals surface area contributed by atoms with Crippen LogP contribution < -0.4 is 0 Å². The normalized spacial score (nSPS) is 12.2. The van der Waals surface area contributed by atoms with Crippen molar-refractivity contribution in [3.05, 3.63) is 0 Å². The fourth-order valence-electron chi connectivity index (χ4n) is 7.45. The maximum atomic E-state index is 12.3. The molecule has 52 heavy (non-hydrogen) atoms. The average molecular weight is 739 g/mol. The van der Waals surface area contributed by atoms with Gasteiger partial charge in [0.05, 0.1) is 60.9 Å². The van der Waals surface area contributed by atoms with Gasteiger partial charge in [-0.25, -0.2) is 0 Å². The van der Waals surface area contributed by atoms with Crippen molar-refractivity contribution in [3.8, 4) is 0 Å². The Labute approximate surface area is 328 Å². The second-order valence-electron chi connectivity index (χ2n) is 18.0. The van der Waals surface area contributed by atoms with Crippen LogP contribution in [-0.4, -0.2) is 89.1 Å². The minimum absolute atomic E-state index is 0.121. The molecule has 0 N–H and O–H groups in total. The quantitative estimate of drug-likeness (QED) is 0.0355. The number of quaternary nitrogens is 2. The van der Waals surface area contributed by atoms with Crippen LogP contribution in [0.15, 0.2) is 0 Å². The fourth-order valence-corrected chi connectivity index (χ4v) is 7.45. The Morgan fingerprint density at radius 2 is 0.615 bits per heavy atom. The molecule has 0 aliphatic heterocycles. The number of rotatable bonds is 43. The first-order valence-electron chi connectivity index (χ1n) is 23.6. The van der Waals surface area contributed by atoms with Crippen LogP contribution >= 0.6 is 0 Å². The van der Waals surface area contributed by atoms with Crippen LogP contribution in [0.25, 0.3) is 0 Å². The molecule has 312 valence electrons. The van der Waals surface area contributed by atoms with Gasteiger partial charge in [0.25, 0.3) is 0 Å². The van der Waals surface area contributed by atoms with E-state index < -0.39 is 0 Å². The van der Waals surface area contributed by atoms with E-state index in [1.165, 1.54) is 212 Å². The van der Waals surface area contributed by atoms with E-state index in [9.17, 15) is 4.79 Å². The van der Waals surface area contributed by atoms with E-state index >= 15 is 0 Å². The van der Waals surface area contributed by atoms with Crippen molar-refractivity contribution < 1.29 is 23.2 Å². The first kappa shape index (κ1) is 51.4. The van der Waals surface area contributed by atoms with Crippen molar-refractivity contribution in [1.82, 2.24) is 0 Å². The lowest BCUT2D eigenvalue weighted by atomic mass is 10.0. The zero-order valence-corrected chi connectivity index (χ0v) is 36.9. The minimum Gasteiger partial charge on any atom is -0.460 e. The van der Waals surface area contributed by atoms with Gasteiger partial charge in [0, 0.05) is 0 Å². The lowest BCUT2D eigenvalue weighted by Crippen LogP contribution is -2.43. The number of likely N-dealkylation sites (N-methyl/N-ethyl adjacent to an activating group) is 2. The van der Waals surface area contributed by atoms with E-state index in [1.807, 2.05) is 0 Å². The van der Waals surface area contributed by atoms with Crippen molar-refractivity contribution in [2.75, 3.05) is 74.2 Å². The van der Waals surface area contributed by atoms with Crippen molar-refractivity contribution in [2.24, 2.45) is 0 Å². The number of hydrogen-bond donors (Lipinski definition) is 0. The molecule has 0 rings (SSSR count). The van der Waals surface area contributed by atoms with Crippen LogP contribution in [-0.2, 0) is 14.3 Å². The molecule has 0 fully saturated rings. The van der Waals surface area contributed by atoms with Gasteiger partial charge in [-0.2, -0.15) is 0 Å². The Kier molecular flexibility index (Phi) is 38.1. The molecule has 0 unspecified atom stereocenters. The molecule has 0 bridgehead atoms. The van der Waals surface area contributed by atoms with Crippen molar-refractivity contribution in [2.45, 2.75) is 226 Å². The molecule has 0 amide bonds. The molecule has 0 aliphatic rings. The summed E-state index contributed by atoms with van der Waals surface area (Å²) in [6, 6.07) is 0. The number of carbonyl (C=O) groups excluding carboxylic acids is 1. The van der Waals surface area contributed by atoms with Crippen LogP contribution in [0.4, 0.5) is 0 Å². The van der Waals surface area contributed by atoms with E-state index in [2.05, 4.69) is 42.0 Å². The molecule has 0 aromatic carbocycles. The highest BCUT2D eigenvalue weighted by molar-refractivity contribution is 5.69. The van der Waals surface area contributed by atoms with Gasteiger partial charge in [0.1, 0.15) is 19.7 Å². The second-order valence-corrected chi connectivity index (χ2v) is 18.0. The molecule has 0 saturated heterocycles. The molecule has 0 radical (unpaired) electrons. The highest BCUT2D eigenvalue weighted by Crippen LogP contribution is 2.16. The van der Waals surface area contributed by atoms with Crippen molar-refractivity contribution in [3.63, 3.8) is 0 Å². The number of hydrogen-bond acceptors (Lipinski definition) is 3. The predicted octanol–water partition coefficient (Wildman–Crippen LogP) is 13.6. The molecule has 0 aliphatic carbocycles. The number of nitrogens with zero attached hydrogens (tertiary/aromatic N) is 2. The highest BCUT2D eigenvalue weighted by atomic mass is 16.5. The summed E-state index contributed by atoms with van der Waals surface area (Å²) < 4.78 is 13.3. The maximum Gasteiger partial charge on any atom is 0.308 e. The Morgan fingerprint density at radius 3 is 0.923 bits per heavy atom. The molecule has 5 nitrogen and oxygen atoms in total. The van der Waals surface area contributed by atoms with Crippen LogP contribution in [0.3, 0.4) is 0 Å². The first-order valence-corrected chi connectivity index (χ1v) is 23.6. The van der Waals surface area contributed by atoms with E-state index in [0.717, 1.165) is 28.6 Å². The van der Waals surface area contributed by atoms with E-state index in [-0.39, 0.29) is 5.97 Å². The number of ether oxygens (including phenoxy) is 2. The summed E-state index contributed by atoms with van der Waals surface area (Å²) in [6.07, 6.45) is 45.5. The monoisotopic (exact) mass is 739 g/mol. The summed E-state index contributed by atoms with van der Waals surface area (Å²) in [5.74, 6) is -0.121. The van der Waals surface area contributed by atoms with Crippen LogP contribution in [0.5, 0.6) is 0 Å². The summed E-state index contributed by atoms with van der Waals surface area (Å²) in [5, 5.41) is 0. The summed E-state index contributed by atoms with van der Waals surface area (Å²) in [7, 11) is 9.15. The smallest absolute Gasteiger partial charge is 0.308 e. The SMILES string of the molecule is CCCCCCCCCCCCCCCCCC[N+](C)(C)CCOCCC(=O)OCC[N+](C)(C)CCCCCCCCCCCCCCCCCC. The summed E-state index contributed by atoms with van der Waals surface area (Å²) >= 11 is 0. The van der Waals surface area contributed by atoms with Gasteiger partial charge in [0.2, 0.25) is 0 Å². The average Bonchev–Trinajstić information content (AvgIpc) is 3.11. The topological polar surface area (TPSA) is 35.5 Å². The lowest BCUT2D eigenvalue weighted by molar-refractivity contribution is -0.891. The largest absolute Gasteiger partial charge is 0.460 e. The maximum absolute atomic E-state index is 12.3. The Balaban J connectivity index is 3.53. The molecule has 0 spiro atoms. The fraction of sp³-hybridized carbons (Fsp3) is 0.979. The number of carbonyl (C=O) groups is 1. The molecular formula is C47H98N2O3+2. The molecule has 0 saturated carbocycles. The van der Waals surface area contributed by atoms with E-state index in [4.69, 9.17) is 9.47 Å². The third kappa shape index (κ3) is 40.5. The van der Waals surface area contributed by atoms with E-state index in [0.29, 0.717) is 26.2 Å². The van der Waals surface area contributed by atoms with Crippen LogP contribution in [0.1, 0.15) is 226 Å². The molecule has 0 aromatic heterocycles. The number of unbranched alkanes of at least 4 members (excludes halogenated alkanes) is 30. The molecule has 0 atom stereocenters. The van der Waals surface area contributed by atoms with Crippen LogP contribution in [0, 0.1) is 0 Å². The van der Waals surface area contributed by atoms with Gasteiger partial charge < -0.3 is 18.4 Å². The standard InChI is InChI=1S/C47H98N2O3/c1-7-9-11-13-15-17-19-21-23-25-27-29-31-33-35-37-40-48(3,4)42-45-51-44-39-47(50)52-46-43-49(5,6)41-38-36-34-32-30-28-26-24-22-20-18-16-14-12-10-8-2/h7-46H2,1-6H3/q+2. The molecule has 0 heterocycles. The number of esters is 1. The van der Waals surface area contributed by atoms with E-state index in [1.54, 1.807) is 0 Å². The van der Waals surface area contributed by atoms with Gasteiger partial charge in [-0.3, -0.25) is 4.79 Å². The van der Waals surface area contributed by atoms with Crippen molar-refractivity contribution >= 4 is 5.97 Å². The molecule has 5 heteroatoms. The molecular weight excluding hydrogens is 641 g/mol. The minimum atomic E-state index is -0.121.